The number of rotatable bonds is 6. The van der Waals surface area contributed by atoms with E-state index in [-0.39, 0.29) is 47.6 Å². The van der Waals surface area contributed by atoms with Gasteiger partial charge in [0.25, 0.3) is 10.0 Å². The topological polar surface area (TPSA) is 115 Å². The number of carbonyl (C=O) groups is 1. The van der Waals surface area contributed by atoms with Gasteiger partial charge in [-0.05, 0) is 36.1 Å². The normalized spacial score (nSPS) is 16.2. The van der Waals surface area contributed by atoms with Gasteiger partial charge in [0, 0.05) is 33.2 Å². The highest BCUT2D eigenvalue weighted by Gasteiger charge is 2.33. The summed E-state index contributed by atoms with van der Waals surface area (Å²) in [7, 11) is -6.30. The van der Waals surface area contributed by atoms with E-state index in [9.17, 15) is 26.7 Å². The van der Waals surface area contributed by atoms with Crippen LogP contribution in [-0.4, -0.2) is 81.1 Å². The number of thiophene rings is 1. The lowest BCUT2D eigenvalue weighted by Crippen LogP contribution is -2.52. The zero-order valence-electron chi connectivity index (χ0n) is 16.6. The summed E-state index contributed by atoms with van der Waals surface area (Å²) >= 11 is 1.08. The molecule has 30 heavy (non-hydrogen) atoms. The fourth-order valence-corrected chi connectivity index (χ4v) is 6.99. The summed E-state index contributed by atoms with van der Waals surface area (Å²) < 4.78 is 53.0. The van der Waals surface area contributed by atoms with Crippen molar-refractivity contribution >= 4 is 37.3 Å². The van der Waals surface area contributed by atoms with Gasteiger partial charge < -0.3 is 10.0 Å². The summed E-state index contributed by atoms with van der Waals surface area (Å²) in [5.74, 6) is -0.715. The average Bonchev–Trinajstić information content (AvgIpc) is 3.25. The molecule has 2 heterocycles. The zero-order chi connectivity index (χ0) is 22.1. The Morgan fingerprint density at radius 3 is 2.40 bits per heavy atom. The fraction of sp³-hybridized carbons (Fsp3) is 0.389. The predicted molar refractivity (Wildman–Crippen MR) is 112 cm³/mol. The number of phenolic OH excluding ortho intramolecular Hbond substituents is 1. The van der Waals surface area contributed by atoms with Gasteiger partial charge in [-0.2, -0.15) is 8.61 Å². The van der Waals surface area contributed by atoms with Gasteiger partial charge in [-0.3, -0.25) is 4.79 Å². The van der Waals surface area contributed by atoms with Crippen molar-refractivity contribution in [3.8, 4) is 5.75 Å². The molecule has 1 aromatic carbocycles. The molecule has 0 unspecified atom stereocenters. The molecule has 1 aliphatic heterocycles. The number of aryl methyl sites for hydroxylation is 1. The van der Waals surface area contributed by atoms with Crippen LogP contribution in [-0.2, 0) is 24.8 Å². The first-order valence-electron chi connectivity index (χ1n) is 9.11. The Bertz CT molecular complexity index is 1120. The zero-order valence-corrected chi connectivity index (χ0v) is 19.0. The van der Waals surface area contributed by atoms with E-state index in [0.29, 0.717) is 5.56 Å². The molecule has 0 atom stereocenters. The van der Waals surface area contributed by atoms with E-state index in [1.807, 2.05) is 0 Å². The summed E-state index contributed by atoms with van der Waals surface area (Å²) in [6.07, 6.45) is 0. The molecule has 0 bridgehead atoms. The number of benzene rings is 1. The van der Waals surface area contributed by atoms with Crippen LogP contribution in [0.2, 0.25) is 0 Å². The second-order valence-electron chi connectivity index (χ2n) is 6.95. The molecule has 164 valence electrons. The summed E-state index contributed by atoms with van der Waals surface area (Å²) in [5.41, 5.74) is 0.704. The van der Waals surface area contributed by atoms with Crippen LogP contribution < -0.4 is 0 Å². The van der Waals surface area contributed by atoms with Crippen LogP contribution >= 0.6 is 11.3 Å². The predicted octanol–water partition coefficient (Wildman–Crippen LogP) is 0.916. The molecule has 0 radical (unpaired) electrons. The molecular weight excluding hydrogens is 450 g/mol. The van der Waals surface area contributed by atoms with Crippen LogP contribution in [0.4, 0.5) is 0 Å². The minimum Gasteiger partial charge on any atom is -0.507 e. The van der Waals surface area contributed by atoms with Gasteiger partial charge in [0.05, 0.1) is 6.54 Å². The van der Waals surface area contributed by atoms with Crippen molar-refractivity contribution < 1.29 is 26.7 Å². The van der Waals surface area contributed by atoms with E-state index in [2.05, 4.69) is 0 Å². The molecule has 2 aromatic rings. The molecule has 9 nitrogen and oxygen atoms in total. The number of likely N-dealkylation sites (N-methyl/N-ethyl adjacent to an activating group) is 1. The Labute approximate surface area is 180 Å². The third kappa shape index (κ3) is 4.52. The summed E-state index contributed by atoms with van der Waals surface area (Å²) in [5, 5.41) is 11.6. The number of amides is 1. The highest BCUT2D eigenvalue weighted by Crippen LogP contribution is 2.27. The lowest BCUT2D eigenvalue weighted by atomic mass is 10.2. The molecule has 0 spiro atoms. The van der Waals surface area contributed by atoms with Gasteiger partial charge >= 0.3 is 0 Å². The van der Waals surface area contributed by atoms with Gasteiger partial charge in [0.1, 0.15) is 14.9 Å². The molecule has 0 aliphatic carbocycles. The lowest BCUT2D eigenvalue weighted by molar-refractivity contribution is -0.132. The quantitative estimate of drug-likeness (QED) is 0.667. The molecule has 12 heteroatoms. The number of aromatic hydroxyl groups is 1. The minimum atomic E-state index is -3.90. The molecule has 1 fully saturated rings. The van der Waals surface area contributed by atoms with Gasteiger partial charge in [0.15, 0.2) is 0 Å². The van der Waals surface area contributed by atoms with E-state index < -0.39 is 26.0 Å². The average molecular weight is 474 g/mol. The van der Waals surface area contributed by atoms with E-state index in [4.69, 9.17) is 0 Å². The van der Waals surface area contributed by atoms with Crippen LogP contribution in [0.5, 0.6) is 5.75 Å². The first kappa shape index (κ1) is 22.7. The maximum absolute atomic E-state index is 12.9. The van der Waals surface area contributed by atoms with Crippen LogP contribution in [0, 0.1) is 6.92 Å². The van der Waals surface area contributed by atoms with Crippen molar-refractivity contribution in [1.29, 1.82) is 0 Å². The Balaban J connectivity index is 1.64. The number of sulfonamides is 2. The first-order valence-corrected chi connectivity index (χ1v) is 12.9. The number of phenols is 1. The Morgan fingerprint density at radius 1 is 1.13 bits per heavy atom. The highest BCUT2D eigenvalue weighted by atomic mass is 32.2. The van der Waals surface area contributed by atoms with Crippen molar-refractivity contribution in [3.63, 3.8) is 0 Å². The fourth-order valence-electron chi connectivity index (χ4n) is 3.08. The first-order chi connectivity index (χ1) is 14.0. The van der Waals surface area contributed by atoms with Crippen molar-refractivity contribution in [2.24, 2.45) is 0 Å². The van der Waals surface area contributed by atoms with Crippen LogP contribution in [0.3, 0.4) is 0 Å². The molecule has 1 aliphatic rings. The molecular formula is C18H23N3O6S3. The van der Waals surface area contributed by atoms with Crippen molar-refractivity contribution in [3.05, 3.63) is 41.3 Å². The van der Waals surface area contributed by atoms with Crippen molar-refractivity contribution in [2.75, 3.05) is 39.8 Å². The third-order valence-electron chi connectivity index (χ3n) is 4.84. The van der Waals surface area contributed by atoms with E-state index in [1.165, 1.54) is 34.5 Å². The third-order valence-corrected chi connectivity index (χ3v) is 9.95. The monoisotopic (exact) mass is 473 g/mol. The van der Waals surface area contributed by atoms with Gasteiger partial charge in [-0.15, -0.1) is 11.3 Å². The van der Waals surface area contributed by atoms with Gasteiger partial charge in [-0.25, -0.2) is 16.8 Å². The minimum absolute atomic E-state index is 0.0584. The second kappa shape index (κ2) is 8.63. The highest BCUT2D eigenvalue weighted by molar-refractivity contribution is 7.91. The summed E-state index contributed by atoms with van der Waals surface area (Å²) in [6, 6.07) is 7.47. The van der Waals surface area contributed by atoms with Crippen LogP contribution in [0.1, 0.15) is 5.56 Å². The Morgan fingerprint density at radius 2 is 1.80 bits per heavy atom. The van der Waals surface area contributed by atoms with Gasteiger partial charge in [-0.1, -0.05) is 12.1 Å². The summed E-state index contributed by atoms with van der Waals surface area (Å²) in [6.45, 7) is 1.79. The maximum Gasteiger partial charge on any atom is 0.252 e. The van der Waals surface area contributed by atoms with Crippen LogP contribution in [0.15, 0.2) is 44.8 Å². The second-order valence-corrected chi connectivity index (χ2v) is 12.1. The number of hydrogen-bond donors (Lipinski definition) is 1. The molecule has 1 N–H and O–H groups in total. The molecule has 1 amide bonds. The molecule has 1 saturated heterocycles. The molecule has 1 aromatic heterocycles. The van der Waals surface area contributed by atoms with Crippen molar-refractivity contribution in [2.45, 2.75) is 16.0 Å². The lowest BCUT2D eigenvalue weighted by Gasteiger charge is -2.34. The Kier molecular flexibility index (Phi) is 6.53. The smallest absolute Gasteiger partial charge is 0.252 e. The molecule has 0 saturated carbocycles. The van der Waals surface area contributed by atoms with Crippen LogP contribution in [0.25, 0.3) is 0 Å². The summed E-state index contributed by atoms with van der Waals surface area (Å²) in [4.78, 5) is 13.8. The van der Waals surface area contributed by atoms with Crippen molar-refractivity contribution in [1.82, 2.24) is 13.5 Å². The SMILES string of the molecule is Cc1ccc(O)c(S(=O)(=O)N2CCN(C(=O)CN(C)S(=O)(=O)c3cccs3)CC2)c1. The largest absolute Gasteiger partial charge is 0.507 e. The number of hydrogen-bond acceptors (Lipinski definition) is 7. The number of carbonyl (C=O) groups excluding carboxylic acids is 1. The van der Waals surface area contributed by atoms with E-state index in [0.717, 1.165) is 15.6 Å². The number of nitrogens with zero attached hydrogens (tertiary/aromatic N) is 3. The Hall–Kier alpha value is -1.99. The van der Waals surface area contributed by atoms with E-state index >= 15 is 0 Å². The number of piperazine rings is 1. The molecule has 3 rings (SSSR count). The maximum atomic E-state index is 12.9. The van der Waals surface area contributed by atoms with E-state index in [1.54, 1.807) is 24.4 Å². The standard InChI is InChI=1S/C18H23N3O6S3/c1-14-5-6-15(22)16(12-14)29(24,25)21-9-7-20(8-10-21)17(23)13-19(2)30(26,27)18-4-3-11-28-18/h3-6,11-12,22H,7-10,13H2,1-2H3. The van der Waals surface area contributed by atoms with Gasteiger partial charge in [0.2, 0.25) is 15.9 Å².